The Balaban J connectivity index is 2.15. The van der Waals surface area contributed by atoms with E-state index in [1.165, 1.54) is 0 Å². The molecule has 90 valence electrons. The highest BCUT2D eigenvalue weighted by Gasteiger charge is 2.26. The van der Waals surface area contributed by atoms with Crippen molar-refractivity contribution in [3.8, 4) is 6.07 Å². The number of nitriles is 1. The zero-order chi connectivity index (χ0) is 12.4. The molecule has 1 aliphatic heterocycles. The minimum absolute atomic E-state index is 0.248. The van der Waals surface area contributed by atoms with Crippen LogP contribution in [0, 0.1) is 17.2 Å². The standard InChI is InChI=1S/C13H15BrN2O/c1-9(17)11-4-5-16(8-11)12-3-2-10(7-15)13(14)6-12/h2-3,6,9,11,17H,4-5,8H2,1H3. The first kappa shape index (κ1) is 12.4. The maximum atomic E-state index is 9.57. The first-order valence-corrected chi connectivity index (χ1v) is 6.54. The molecule has 2 atom stereocenters. The van der Waals surface area contributed by atoms with E-state index in [4.69, 9.17) is 5.26 Å². The largest absolute Gasteiger partial charge is 0.393 e. The zero-order valence-corrected chi connectivity index (χ0v) is 11.3. The van der Waals surface area contributed by atoms with Crippen molar-refractivity contribution < 1.29 is 5.11 Å². The lowest BCUT2D eigenvalue weighted by atomic mass is 10.0. The highest BCUT2D eigenvalue weighted by atomic mass is 79.9. The Morgan fingerprint density at radius 2 is 2.35 bits per heavy atom. The van der Waals surface area contributed by atoms with Crippen molar-refractivity contribution in [1.29, 1.82) is 5.26 Å². The van der Waals surface area contributed by atoms with Crippen LogP contribution in [0.3, 0.4) is 0 Å². The molecule has 2 rings (SSSR count). The van der Waals surface area contributed by atoms with Crippen LogP contribution in [0.25, 0.3) is 0 Å². The third kappa shape index (κ3) is 2.62. The number of aliphatic hydroxyl groups excluding tert-OH is 1. The average Bonchev–Trinajstić information content (AvgIpc) is 2.78. The Morgan fingerprint density at radius 1 is 1.59 bits per heavy atom. The second-order valence-electron chi connectivity index (χ2n) is 4.51. The predicted molar refractivity (Wildman–Crippen MR) is 70.9 cm³/mol. The second-order valence-corrected chi connectivity index (χ2v) is 5.37. The Morgan fingerprint density at radius 3 is 2.88 bits per heavy atom. The fourth-order valence-corrected chi connectivity index (χ4v) is 2.66. The number of halogens is 1. The lowest BCUT2D eigenvalue weighted by Crippen LogP contribution is -2.23. The summed E-state index contributed by atoms with van der Waals surface area (Å²) in [5, 5.41) is 18.4. The molecule has 0 spiro atoms. The van der Waals surface area contributed by atoms with Crippen LogP contribution in [-0.2, 0) is 0 Å². The predicted octanol–water partition coefficient (Wildman–Crippen LogP) is 2.53. The number of hydrogen-bond acceptors (Lipinski definition) is 3. The van der Waals surface area contributed by atoms with Gasteiger partial charge in [0.05, 0.1) is 11.7 Å². The summed E-state index contributed by atoms with van der Waals surface area (Å²) in [5.41, 5.74) is 1.76. The molecular weight excluding hydrogens is 280 g/mol. The van der Waals surface area contributed by atoms with E-state index in [0.29, 0.717) is 11.5 Å². The molecule has 1 heterocycles. The van der Waals surface area contributed by atoms with Gasteiger partial charge >= 0.3 is 0 Å². The normalized spacial score (nSPS) is 21.3. The van der Waals surface area contributed by atoms with Crippen LogP contribution in [0.2, 0.25) is 0 Å². The molecule has 1 fully saturated rings. The van der Waals surface area contributed by atoms with Gasteiger partial charge in [-0.3, -0.25) is 0 Å². The second kappa shape index (κ2) is 5.07. The quantitative estimate of drug-likeness (QED) is 0.912. The smallest absolute Gasteiger partial charge is 0.100 e. The van der Waals surface area contributed by atoms with Gasteiger partial charge in [-0.25, -0.2) is 0 Å². The Bertz CT molecular complexity index is 453. The van der Waals surface area contributed by atoms with Crippen molar-refractivity contribution in [3.05, 3.63) is 28.2 Å². The minimum Gasteiger partial charge on any atom is -0.393 e. The summed E-state index contributed by atoms with van der Waals surface area (Å²) in [6.45, 7) is 3.70. The van der Waals surface area contributed by atoms with Crippen LogP contribution in [0.15, 0.2) is 22.7 Å². The minimum atomic E-state index is -0.248. The molecule has 0 bridgehead atoms. The maximum absolute atomic E-state index is 9.57. The first-order chi connectivity index (χ1) is 8.11. The molecule has 0 aromatic heterocycles. The number of rotatable bonds is 2. The zero-order valence-electron chi connectivity index (χ0n) is 9.73. The lowest BCUT2D eigenvalue weighted by molar-refractivity contribution is 0.136. The fraction of sp³-hybridized carbons (Fsp3) is 0.462. The van der Waals surface area contributed by atoms with E-state index in [1.807, 2.05) is 25.1 Å². The van der Waals surface area contributed by atoms with Crippen molar-refractivity contribution in [1.82, 2.24) is 0 Å². The van der Waals surface area contributed by atoms with Crippen molar-refractivity contribution in [2.75, 3.05) is 18.0 Å². The highest BCUT2D eigenvalue weighted by molar-refractivity contribution is 9.10. The van der Waals surface area contributed by atoms with E-state index in [9.17, 15) is 5.11 Å². The molecule has 1 saturated heterocycles. The number of aliphatic hydroxyl groups is 1. The Hall–Kier alpha value is -1.05. The van der Waals surface area contributed by atoms with Crippen LogP contribution in [0.5, 0.6) is 0 Å². The van der Waals surface area contributed by atoms with Gasteiger partial charge in [0.1, 0.15) is 6.07 Å². The van der Waals surface area contributed by atoms with Gasteiger partial charge in [0, 0.05) is 29.2 Å². The van der Waals surface area contributed by atoms with Crippen molar-refractivity contribution in [3.63, 3.8) is 0 Å². The molecule has 1 aromatic rings. The van der Waals surface area contributed by atoms with Gasteiger partial charge in [-0.05, 0) is 47.5 Å². The van der Waals surface area contributed by atoms with Gasteiger partial charge in [0.2, 0.25) is 0 Å². The summed E-state index contributed by atoms with van der Waals surface area (Å²) in [5.74, 6) is 0.351. The maximum Gasteiger partial charge on any atom is 0.100 e. The molecule has 4 heteroatoms. The van der Waals surface area contributed by atoms with Crippen LogP contribution >= 0.6 is 15.9 Å². The number of nitrogens with zero attached hydrogens (tertiary/aromatic N) is 2. The summed E-state index contributed by atoms with van der Waals surface area (Å²) in [6.07, 6.45) is 0.775. The fourth-order valence-electron chi connectivity index (χ4n) is 2.21. The molecule has 3 nitrogen and oxygen atoms in total. The topological polar surface area (TPSA) is 47.3 Å². The molecule has 0 aliphatic carbocycles. The van der Waals surface area contributed by atoms with Crippen molar-refractivity contribution in [2.24, 2.45) is 5.92 Å². The van der Waals surface area contributed by atoms with E-state index in [1.54, 1.807) is 0 Å². The average molecular weight is 295 g/mol. The number of benzene rings is 1. The SMILES string of the molecule is CC(O)C1CCN(c2ccc(C#N)c(Br)c2)C1. The van der Waals surface area contributed by atoms with Gasteiger partial charge in [-0.2, -0.15) is 5.26 Å². The monoisotopic (exact) mass is 294 g/mol. The van der Waals surface area contributed by atoms with Gasteiger partial charge in [-0.1, -0.05) is 0 Å². The van der Waals surface area contributed by atoms with Gasteiger partial charge in [0.25, 0.3) is 0 Å². The first-order valence-electron chi connectivity index (χ1n) is 5.74. The van der Waals surface area contributed by atoms with E-state index in [2.05, 4.69) is 26.9 Å². The van der Waals surface area contributed by atoms with Crippen LogP contribution in [0.4, 0.5) is 5.69 Å². The highest BCUT2D eigenvalue weighted by Crippen LogP contribution is 2.29. The van der Waals surface area contributed by atoms with Gasteiger partial charge in [-0.15, -0.1) is 0 Å². The van der Waals surface area contributed by atoms with Crippen molar-refractivity contribution in [2.45, 2.75) is 19.4 Å². The Kier molecular flexibility index (Phi) is 3.70. The lowest BCUT2D eigenvalue weighted by Gasteiger charge is -2.20. The molecule has 0 amide bonds. The molecule has 1 aromatic carbocycles. The summed E-state index contributed by atoms with van der Waals surface area (Å²) >= 11 is 3.40. The van der Waals surface area contributed by atoms with E-state index in [0.717, 1.165) is 29.7 Å². The van der Waals surface area contributed by atoms with Crippen molar-refractivity contribution >= 4 is 21.6 Å². The third-order valence-corrected chi connectivity index (χ3v) is 4.00. The van der Waals surface area contributed by atoms with Gasteiger partial charge < -0.3 is 10.0 Å². The molecule has 2 unspecified atom stereocenters. The van der Waals surface area contributed by atoms with E-state index in [-0.39, 0.29) is 6.10 Å². The van der Waals surface area contributed by atoms with Crippen LogP contribution in [-0.4, -0.2) is 24.3 Å². The van der Waals surface area contributed by atoms with Crippen LogP contribution < -0.4 is 4.90 Å². The molecular formula is C13H15BrN2O. The molecule has 1 aliphatic rings. The molecule has 17 heavy (non-hydrogen) atoms. The van der Waals surface area contributed by atoms with E-state index < -0.39 is 0 Å². The summed E-state index contributed by atoms with van der Waals surface area (Å²) < 4.78 is 0.831. The number of anilines is 1. The summed E-state index contributed by atoms with van der Waals surface area (Å²) in [4.78, 5) is 2.25. The number of hydrogen-bond donors (Lipinski definition) is 1. The molecule has 0 radical (unpaired) electrons. The van der Waals surface area contributed by atoms with Gasteiger partial charge in [0.15, 0.2) is 0 Å². The molecule has 0 saturated carbocycles. The Labute approximate surface area is 110 Å². The third-order valence-electron chi connectivity index (χ3n) is 3.35. The molecule has 1 N–H and O–H groups in total. The van der Waals surface area contributed by atoms with E-state index >= 15 is 0 Å². The summed E-state index contributed by atoms with van der Waals surface area (Å²) in [6, 6.07) is 7.90. The van der Waals surface area contributed by atoms with Crippen LogP contribution in [0.1, 0.15) is 18.9 Å². The summed E-state index contributed by atoms with van der Waals surface area (Å²) in [7, 11) is 0.